The maximum absolute atomic E-state index is 6.08. The quantitative estimate of drug-likeness (QED) is 0.843. The van der Waals surface area contributed by atoms with Gasteiger partial charge in [-0.05, 0) is 31.0 Å². The number of hydrogen-bond donors (Lipinski definition) is 1. The molecule has 2 unspecified atom stereocenters. The van der Waals surface area contributed by atoms with Crippen LogP contribution in [0.3, 0.4) is 0 Å². The first-order chi connectivity index (χ1) is 9.70. The second kappa shape index (κ2) is 4.31. The van der Waals surface area contributed by atoms with Gasteiger partial charge in [0, 0.05) is 31.6 Å². The van der Waals surface area contributed by atoms with Crippen molar-refractivity contribution in [2.24, 2.45) is 11.8 Å². The fourth-order valence-corrected chi connectivity index (χ4v) is 3.62. The minimum absolute atomic E-state index is 0.583. The lowest BCUT2D eigenvalue weighted by molar-refractivity contribution is 0.386. The average molecular weight is 269 g/mol. The third kappa shape index (κ3) is 1.81. The van der Waals surface area contributed by atoms with E-state index >= 15 is 0 Å². The lowest BCUT2D eigenvalue weighted by Crippen LogP contribution is -2.28. The van der Waals surface area contributed by atoms with Gasteiger partial charge in [-0.25, -0.2) is 4.98 Å². The summed E-state index contributed by atoms with van der Waals surface area (Å²) >= 11 is 0. The van der Waals surface area contributed by atoms with Crippen molar-refractivity contribution in [2.75, 3.05) is 43.9 Å². The molecule has 4 rings (SSSR count). The number of nitrogens with zero attached hydrogens (tertiary/aromatic N) is 4. The fourth-order valence-electron chi connectivity index (χ4n) is 3.62. The van der Waals surface area contributed by atoms with Gasteiger partial charge in [-0.3, -0.25) is 0 Å². The molecule has 2 atom stereocenters. The predicted molar refractivity (Wildman–Crippen MR) is 80.6 cm³/mol. The summed E-state index contributed by atoms with van der Waals surface area (Å²) < 4.78 is 0. The first-order valence-electron chi connectivity index (χ1n) is 7.16. The van der Waals surface area contributed by atoms with E-state index in [4.69, 9.17) is 5.73 Å². The van der Waals surface area contributed by atoms with Crippen LogP contribution < -0.4 is 10.6 Å². The number of para-hydroxylation sites is 1. The molecule has 2 aliphatic heterocycles. The Labute approximate surface area is 118 Å². The molecule has 0 radical (unpaired) electrons. The Balaban J connectivity index is 1.67. The van der Waals surface area contributed by atoms with Crippen LogP contribution in [0.2, 0.25) is 0 Å². The molecule has 1 aromatic heterocycles. The molecule has 2 fully saturated rings. The Morgan fingerprint density at radius 2 is 1.75 bits per heavy atom. The molecular weight excluding hydrogens is 250 g/mol. The smallest absolute Gasteiger partial charge is 0.227 e. The molecule has 2 saturated heterocycles. The Bertz CT molecular complexity index is 642. The molecule has 104 valence electrons. The van der Waals surface area contributed by atoms with E-state index in [1.165, 1.54) is 13.1 Å². The minimum Gasteiger partial charge on any atom is -0.383 e. The highest BCUT2D eigenvalue weighted by Gasteiger charge is 2.39. The summed E-state index contributed by atoms with van der Waals surface area (Å²) in [4.78, 5) is 13.9. The molecule has 1 aromatic carbocycles. The summed E-state index contributed by atoms with van der Waals surface area (Å²) in [6, 6.07) is 7.94. The zero-order valence-corrected chi connectivity index (χ0v) is 11.7. The van der Waals surface area contributed by atoms with Crippen LogP contribution in [0.15, 0.2) is 24.3 Å². The van der Waals surface area contributed by atoms with Gasteiger partial charge in [0.25, 0.3) is 0 Å². The van der Waals surface area contributed by atoms with Gasteiger partial charge >= 0.3 is 0 Å². The number of benzene rings is 1. The summed E-state index contributed by atoms with van der Waals surface area (Å²) in [5.74, 6) is 2.87. The number of fused-ring (bicyclic) bond motifs is 2. The van der Waals surface area contributed by atoms with E-state index < -0.39 is 0 Å². The Kier molecular flexibility index (Phi) is 2.57. The molecule has 3 heterocycles. The molecular formula is C15H19N5. The van der Waals surface area contributed by atoms with Gasteiger partial charge in [-0.1, -0.05) is 12.1 Å². The number of likely N-dealkylation sites (tertiary alicyclic amines) is 1. The van der Waals surface area contributed by atoms with Crippen LogP contribution in [0.4, 0.5) is 11.8 Å². The summed E-state index contributed by atoms with van der Waals surface area (Å²) in [7, 11) is 2.20. The number of hydrogen-bond acceptors (Lipinski definition) is 5. The number of rotatable bonds is 1. The molecule has 5 heteroatoms. The molecule has 0 bridgehead atoms. The largest absolute Gasteiger partial charge is 0.383 e. The van der Waals surface area contributed by atoms with Crippen molar-refractivity contribution in [3.63, 3.8) is 0 Å². The third-order valence-electron chi connectivity index (χ3n) is 4.57. The first-order valence-corrected chi connectivity index (χ1v) is 7.16. The lowest BCUT2D eigenvalue weighted by atomic mass is 10.0. The molecule has 2 aromatic rings. The van der Waals surface area contributed by atoms with E-state index in [0.29, 0.717) is 5.82 Å². The molecule has 2 aliphatic rings. The van der Waals surface area contributed by atoms with Crippen molar-refractivity contribution in [3.8, 4) is 0 Å². The predicted octanol–water partition coefficient (Wildman–Crippen LogP) is 1.21. The molecule has 5 nitrogen and oxygen atoms in total. The van der Waals surface area contributed by atoms with E-state index in [9.17, 15) is 0 Å². The SMILES string of the molecule is CN1CC2CN(c3nc(N)c4ccccc4n3)CC2C1. The highest BCUT2D eigenvalue weighted by Crippen LogP contribution is 2.33. The Hall–Kier alpha value is -1.88. The van der Waals surface area contributed by atoms with Crippen molar-refractivity contribution in [1.82, 2.24) is 14.9 Å². The van der Waals surface area contributed by atoms with Crippen molar-refractivity contribution in [2.45, 2.75) is 0 Å². The molecule has 0 spiro atoms. The lowest BCUT2D eigenvalue weighted by Gasteiger charge is -2.19. The third-order valence-corrected chi connectivity index (χ3v) is 4.57. The molecule has 0 saturated carbocycles. The van der Waals surface area contributed by atoms with Gasteiger partial charge in [0.1, 0.15) is 5.82 Å². The maximum atomic E-state index is 6.08. The summed E-state index contributed by atoms with van der Waals surface area (Å²) in [6.07, 6.45) is 0. The maximum Gasteiger partial charge on any atom is 0.227 e. The average Bonchev–Trinajstić information content (AvgIpc) is 2.96. The highest BCUT2D eigenvalue weighted by atomic mass is 15.3. The normalized spacial score (nSPS) is 26.4. The second-order valence-corrected chi connectivity index (χ2v) is 6.07. The van der Waals surface area contributed by atoms with Gasteiger partial charge < -0.3 is 15.5 Å². The monoisotopic (exact) mass is 269 g/mol. The van der Waals surface area contributed by atoms with Crippen molar-refractivity contribution in [1.29, 1.82) is 0 Å². The summed E-state index contributed by atoms with van der Waals surface area (Å²) in [5, 5.41) is 0.940. The van der Waals surface area contributed by atoms with Crippen LogP contribution >= 0.6 is 0 Å². The van der Waals surface area contributed by atoms with E-state index in [1.54, 1.807) is 0 Å². The Morgan fingerprint density at radius 1 is 1.05 bits per heavy atom. The van der Waals surface area contributed by atoms with Crippen LogP contribution in [-0.4, -0.2) is 48.1 Å². The summed E-state index contributed by atoms with van der Waals surface area (Å²) in [6.45, 7) is 4.47. The van der Waals surface area contributed by atoms with E-state index in [-0.39, 0.29) is 0 Å². The number of nitrogens with two attached hydrogens (primary N) is 1. The topological polar surface area (TPSA) is 58.3 Å². The van der Waals surface area contributed by atoms with Gasteiger partial charge in [0.05, 0.1) is 5.52 Å². The molecule has 0 aliphatic carbocycles. The number of nitrogen functional groups attached to an aromatic ring is 1. The Morgan fingerprint density at radius 3 is 2.50 bits per heavy atom. The van der Waals surface area contributed by atoms with Gasteiger partial charge in [-0.15, -0.1) is 0 Å². The van der Waals surface area contributed by atoms with Crippen molar-refractivity contribution in [3.05, 3.63) is 24.3 Å². The van der Waals surface area contributed by atoms with Gasteiger partial charge in [0.15, 0.2) is 0 Å². The zero-order chi connectivity index (χ0) is 13.7. The van der Waals surface area contributed by atoms with Crippen molar-refractivity contribution >= 4 is 22.7 Å². The molecule has 0 amide bonds. The molecule has 2 N–H and O–H groups in total. The molecule has 20 heavy (non-hydrogen) atoms. The standard InChI is InChI=1S/C15H19N5/c1-19-6-10-8-20(9-11(10)7-19)15-17-13-5-3-2-4-12(13)14(16)18-15/h2-5,10-11H,6-9H2,1H3,(H2,16,17,18). The second-order valence-electron chi connectivity index (χ2n) is 6.07. The fraction of sp³-hybridized carbons (Fsp3) is 0.467. The van der Waals surface area contributed by atoms with Gasteiger partial charge in [0.2, 0.25) is 5.95 Å². The van der Waals surface area contributed by atoms with Crippen LogP contribution in [0.5, 0.6) is 0 Å². The number of anilines is 2. The highest BCUT2D eigenvalue weighted by molar-refractivity contribution is 5.88. The van der Waals surface area contributed by atoms with E-state index in [2.05, 4.69) is 26.8 Å². The number of aromatic nitrogens is 2. The van der Waals surface area contributed by atoms with Crippen LogP contribution in [0.25, 0.3) is 10.9 Å². The van der Waals surface area contributed by atoms with Gasteiger partial charge in [-0.2, -0.15) is 4.98 Å². The van der Waals surface area contributed by atoms with E-state index in [1.807, 2.05) is 24.3 Å². The minimum atomic E-state index is 0.583. The van der Waals surface area contributed by atoms with Crippen molar-refractivity contribution < 1.29 is 0 Å². The first kappa shape index (κ1) is 11.9. The van der Waals surface area contributed by atoms with Crippen LogP contribution in [0, 0.1) is 11.8 Å². The summed E-state index contributed by atoms with van der Waals surface area (Å²) in [5.41, 5.74) is 7.01. The van der Waals surface area contributed by atoms with Crippen LogP contribution in [-0.2, 0) is 0 Å². The van der Waals surface area contributed by atoms with E-state index in [0.717, 1.165) is 41.8 Å². The van der Waals surface area contributed by atoms with Crippen LogP contribution in [0.1, 0.15) is 0 Å². The zero-order valence-electron chi connectivity index (χ0n) is 11.7.